The van der Waals surface area contributed by atoms with E-state index in [4.69, 9.17) is 4.74 Å². The van der Waals surface area contributed by atoms with E-state index in [0.29, 0.717) is 0 Å². The molecule has 1 saturated heterocycles. The second kappa shape index (κ2) is 5.72. The van der Waals surface area contributed by atoms with Gasteiger partial charge in [0.05, 0.1) is 11.4 Å². The molecule has 1 aliphatic heterocycles. The number of anilines is 1. The second-order valence-electron chi connectivity index (χ2n) is 6.41. The van der Waals surface area contributed by atoms with E-state index >= 15 is 0 Å². The molecule has 1 amide bonds. The van der Waals surface area contributed by atoms with Gasteiger partial charge in [0.2, 0.25) is 0 Å². The quantitative estimate of drug-likeness (QED) is 0.921. The molecule has 1 unspecified atom stereocenters. The maximum Gasteiger partial charge on any atom is 0.407 e. The summed E-state index contributed by atoms with van der Waals surface area (Å²) in [4.78, 5) is 23.7. The molecule has 6 nitrogen and oxygen atoms in total. The van der Waals surface area contributed by atoms with Crippen molar-refractivity contribution in [1.29, 1.82) is 0 Å². The van der Waals surface area contributed by atoms with Crippen molar-refractivity contribution in [2.24, 2.45) is 0 Å². The predicted octanol–water partition coefficient (Wildman–Crippen LogP) is 2.79. The monoisotopic (exact) mass is 320 g/mol. The molecule has 1 fully saturated rings. The molecule has 0 aliphatic carbocycles. The molecule has 0 saturated carbocycles. The average molecular weight is 320 g/mol. The van der Waals surface area contributed by atoms with Crippen LogP contribution in [-0.4, -0.2) is 40.8 Å². The lowest BCUT2D eigenvalue weighted by atomic mass is 10.2. The van der Waals surface area contributed by atoms with Gasteiger partial charge in [0, 0.05) is 13.1 Å². The third-order valence-corrected chi connectivity index (χ3v) is 4.27. The molecule has 0 aromatic carbocycles. The summed E-state index contributed by atoms with van der Waals surface area (Å²) >= 11 is 1.61. The lowest BCUT2D eigenvalue weighted by molar-refractivity contribution is 0.0509. The highest BCUT2D eigenvalue weighted by molar-refractivity contribution is 7.16. The number of nitrogens with one attached hydrogen (secondary N) is 1. The van der Waals surface area contributed by atoms with Crippen molar-refractivity contribution in [1.82, 2.24) is 15.3 Å². The second-order valence-corrected chi connectivity index (χ2v) is 7.31. The number of aromatic nitrogens is 2. The van der Waals surface area contributed by atoms with Crippen LogP contribution in [0.3, 0.4) is 0 Å². The summed E-state index contributed by atoms with van der Waals surface area (Å²) in [6.07, 6.45) is 2.13. The first-order valence-electron chi connectivity index (χ1n) is 7.35. The highest BCUT2D eigenvalue weighted by Crippen LogP contribution is 2.28. The first-order valence-corrected chi connectivity index (χ1v) is 8.23. The van der Waals surface area contributed by atoms with E-state index in [1.54, 1.807) is 17.7 Å². The standard InChI is InChI=1S/C15H20N4O2S/c1-15(2,3)21-14(20)18-10-4-6-19(8-10)12-11-5-7-22-13(11)17-9-16-12/h5,7,9-10H,4,6,8H2,1-3H3,(H,18,20). The number of carbonyl (C=O) groups is 1. The Labute approximate surface area is 133 Å². The molecule has 1 aliphatic rings. The third-order valence-electron chi connectivity index (χ3n) is 3.45. The van der Waals surface area contributed by atoms with Gasteiger partial charge in [-0.3, -0.25) is 0 Å². The zero-order valence-corrected chi connectivity index (χ0v) is 13.8. The number of hydrogen-bond donors (Lipinski definition) is 1. The van der Waals surface area contributed by atoms with Crippen LogP contribution in [0.2, 0.25) is 0 Å². The molecule has 1 N–H and O–H groups in total. The summed E-state index contributed by atoms with van der Waals surface area (Å²) in [5, 5.41) is 6.03. The highest BCUT2D eigenvalue weighted by atomic mass is 32.1. The minimum absolute atomic E-state index is 0.0819. The Morgan fingerprint density at radius 3 is 3.05 bits per heavy atom. The summed E-state index contributed by atoms with van der Waals surface area (Å²) in [6, 6.07) is 2.13. The number of thiophene rings is 1. The molecule has 2 aromatic rings. The van der Waals surface area contributed by atoms with Crippen LogP contribution >= 0.6 is 11.3 Å². The van der Waals surface area contributed by atoms with Crippen molar-refractivity contribution in [2.45, 2.75) is 38.8 Å². The largest absolute Gasteiger partial charge is 0.444 e. The normalized spacial score (nSPS) is 18.7. The van der Waals surface area contributed by atoms with E-state index in [9.17, 15) is 4.79 Å². The van der Waals surface area contributed by atoms with Gasteiger partial charge in [0.15, 0.2) is 0 Å². The molecule has 1 atom stereocenters. The van der Waals surface area contributed by atoms with Crippen molar-refractivity contribution in [2.75, 3.05) is 18.0 Å². The van der Waals surface area contributed by atoms with Crippen LogP contribution in [0.4, 0.5) is 10.6 Å². The molecule has 0 spiro atoms. The van der Waals surface area contributed by atoms with E-state index in [2.05, 4.69) is 20.2 Å². The molecule has 3 heterocycles. The average Bonchev–Trinajstić information content (AvgIpc) is 3.04. The summed E-state index contributed by atoms with van der Waals surface area (Å²) < 4.78 is 5.31. The van der Waals surface area contributed by atoms with Gasteiger partial charge >= 0.3 is 6.09 Å². The number of rotatable bonds is 2. The van der Waals surface area contributed by atoms with Crippen LogP contribution in [-0.2, 0) is 4.74 Å². The fourth-order valence-electron chi connectivity index (χ4n) is 2.57. The van der Waals surface area contributed by atoms with Crippen molar-refractivity contribution < 1.29 is 9.53 Å². The van der Waals surface area contributed by atoms with Gasteiger partial charge in [-0.25, -0.2) is 14.8 Å². The molecule has 22 heavy (non-hydrogen) atoms. The van der Waals surface area contributed by atoms with Crippen LogP contribution < -0.4 is 10.2 Å². The molecule has 7 heteroatoms. The van der Waals surface area contributed by atoms with Gasteiger partial charge in [0.1, 0.15) is 22.6 Å². The van der Waals surface area contributed by atoms with Gasteiger partial charge in [-0.1, -0.05) is 0 Å². The number of ether oxygens (including phenoxy) is 1. The summed E-state index contributed by atoms with van der Waals surface area (Å²) in [7, 11) is 0. The van der Waals surface area contributed by atoms with E-state index < -0.39 is 5.60 Å². The highest BCUT2D eigenvalue weighted by Gasteiger charge is 2.27. The first kappa shape index (κ1) is 15.0. The van der Waals surface area contributed by atoms with Gasteiger partial charge < -0.3 is 15.0 Å². The number of amides is 1. The summed E-state index contributed by atoms with van der Waals surface area (Å²) in [6.45, 7) is 7.19. The minimum Gasteiger partial charge on any atom is -0.444 e. The molecule has 118 valence electrons. The van der Waals surface area contributed by atoms with Crippen LogP contribution in [0.1, 0.15) is 27.2 Å². The maximum atomic E-state index is 11.9. The summed E-state index contributed by atoms with van der Waals surface area (Å²) in [5.41, 5.74) is -0.474. The van der Waals surface area contributed by atoms with Crippen molar-refractivity contribution in [3.63, 3.8) is 0 Å². The Bertz CT molecular complexity index is 679. The van der Waals surface area contributed by atoms with E-state index in [0.717, 1.165) is 35.5 Å². The van der Waals surface area contributed by atoms with E-state index in [1.165, 1.54) is 0 Å². The van der Waals surface area contributed by atoms with Gasteiger partial charge in [-0.05, 0) is 38.6 Å². The first-order chi connectivity index (χ1) is 10.4. The molecule has 3 rings (SSSR count). The zero-order valence-electron chi connectivity index (χ0n) is 13.0. The molecular formula is C15H20N4O2S. The van der Waals surface area contributed by atoms with E-state index in [1.807, 2.05) is 32.2 Å². The lowest BCUT2D eigenvalue weighted by Crippen LogP contribution is -2.40. The molecule has 0 radical (unpaired) electrons. The summed E-state index contributed by atoms with van der Waals surface area (Å²) in [5.74, 6) is 0.944. The number of carbonyl (C=O) groups excluding carboxylic acids is 1. The minimum atomic E-state index is -0.474. The Hall–Kier alpha value is -1.89. The Balaban J connectivity index is 1.65. The molecular weight excluding hydrogens is 300 g/mol. The number of nitrogens with zero attached hydrogens (tertiary/aromatic N) is 3. The lowest BCUT2D eigenvalue weighted by Gasteiger charge is -2.22. The number of fused-ring (bicyclic) bond motifs is 1. The fraction of sp³-hybridized carbons (Fsp3) is 0.533. The Kier molecular flexibility index (Phi) is 3.90. The van der Waals surface area contributed by atoms with Crippen molar-refractivity contribution in [3.8, 4) is 0 Å². The zero-order chi connectivity index (χ0) is 15.7. The maximum absolute atomic E-state index is 11.9. The fourth-order valence-corrected chi connectivity index (χ4v) is 3.30. The third kappa shape index (κ3) is 3.30. The van der Waals surface area contributed by atoms with Crippen molar-refractivity contribution >= 4 is 33.5 Å². The Morgan fingerprint density at radius 1 is 1.45 bits per heavy atom. The SMILES string of the molecule is CC(C)(C)OC(=O)NC1CCN(c2ncnc3sccc23)C1. The van der Waals surface area contributed by atoms with Crippen molar-refractivity contribution in [3.05, 3.63) is 17.8 Å². The van der Waals surface area contributed by atoms with E-state index in [-0.39, 0.29) is 12.1 Å². The van der Waals surface area contributed by atoms with Crippen LogP contribution in [0.15, 0.2) is 17.8 Å². The molecule has 2 aromatic heterocycles. The van der Waals surface area contributed by atoms with Crippen LogP contribution in [0.25, 0.3) is 10.2 Å². The van der Waals surface area contributed by atoms with Gasteiger partial charge in [-0.2, -0.15) is 0 Å². The smallest absolute Gasteiger partial charge is 0.407 e. The Morgan fingerprint density at radius 2 is 2.27 bits per heavy atom. The van der Waals surface area contributed by atoms with Crippen LogP contribution in [0.5, 0.6) is 0 Å². The number of hydrogen-bond acceptors (Lipinski definition) is 6. The predicted molar refractivity (Wildman–Crippen MR) is 87.4 cm³/mol. The molecule has 0 bridgehead atoms. The van der Waals surface area contributed by atoms with Gasteiger partial charge in [-0.15, -0.1) is 11.3 Å². The topological polar surface area (TPSA) is 67.3 Å². The van der Waals surface area contributed by atoms with Gasteiger partial charge in [0.25, 0.3) is 0 Å². The number of alkyl carbamates (subject to hydrolysis) is 1. The van der Waals surface area contributed by atoms with Crippen LogP contribution in [0, 0.1) is 0 Å².